The van der Waals surface area contributed by atoms with Crippen LogP contribution in [0.2, 0.25) is 0 Å². The van der Waals surface area contributed by atoms with Crippen LogP contribution in [0.5, 0.6) is 5.75 Å². The number of aromatic nitrogens is 3. The van der Waals surface area contributed by atoms with E-state index in [9.17, 15) is 9.59 Å². The van der Waals surface area contributed by atoms with Crippen LogP contribution >= 0.6 is 23.1 Å². The second-order valence-corrected chi connectivity index (χ2v) is 10.1. The minimum absolute atomic E-state index is 0.102. The molecule has 2 aromatic heterocycles. The predicted octanol–water partition coefficient (Wildman–Crippen LogP) is 5.65. The number of aryl methyl sites for hydroxylation is 2. The highest BCUT2D eigenvalue weighted by atomic mass is 32.2. The summed E-state index contributed by atoms with van der Waals surface area (Å²) in [6.07, 6.45) is 0. The van der Waals surface area contributed by atoms with E-state index in [1.165, 1.54) is 28.7 Å². The lowest BCUT2D eigenvalue weighted by atomic mass is 10.0. The van der Waals surface area contributed by atoms with Gasteiger partial charge in [0.25, 0.3) is 0 Å². The van der Waals surface area contributed by atoms with E-state index in [-0.39, 0.29) is 24.9 Å². The number of thioether (sulfide) groups is 1. The molecule has 0 aliphatic rings. The molecule has 0 saturated carbocycles. The third-order valence-corrected chi connectivity index (χ3v) is 7.47. The molecule has 0 bridgehead atoms. The zero-order chi connectivity index (χ0) is 26.4. The number of carbonyl (C=O) groups excluding carboxylic acids is 2. The maximum atomic E-state index is 12.8. The molecule has 8 nitrogen and oxygen atoms in total. The van der Waals surface area contributed by atoms with Crippen molar-refractivity contribution in [2.45, 2.75) is 32.5 Å². The van der Waals surface area contributed by atoms with E-state index in [1.807, 2.05) is 73.3 Å². The molecule has 0 radical (unpaired) electrons. The van der Waals surface area contributed by atoms with Crippen molar-refractivity contribution in [3.8, 4) is 16.9 Å². The number of thiophene rings is 1. The van der Waals surface area contributed by atoms with Gasteiger partial charge in [-0.3, -0.25) is 4.79 Å². The fraction of sp³-hybridized carbons (Fsp3) is 0.259. The van der Waals surface area contributed by atoms with Gasteiger partial charge in [-0.2, -0.15) is 0 Å². The Kier molecular flexibility index (Phi) is 8.62. The molecule has 0 unspecified atom stereocenters. The Morgan fingerprint density at radius 3 is 2.62 bits per heavy atom. The van der Waals surface area contributed by atoms with Gasteiger partial charge in [-0.1, -0.05) is 59.8 Å². The van der Waals surface area contributed by atoms with Crippen LogP contribution < -0.4 is 10.1 Å². The van der Waals surface area contributed by atoms with Crippen LogP contribution in [0.1, 0.15) is 34.2 Å². The molecule has 0 atom stereocenters. The van der Waals surface area contributed by atoms with Crippen LogP contribution in [0.4, 0.5) is 5.00 Å². The Labute approximate surface area is 224 Å². The summed E-state index contributed by atoms with van der Waals surface area (Å²) in [5, 5.41) is 14.2. The Bertz CT molecular complexity index is 1400. The lowest BCUT2D eigenvalue weighted by Crippen LogP contribution is -2.16. The molecule has 0 spiro atoms. The largest absolute Gasteiger partial charge is 0.485 e. The van der Waals surface area contributed by atoms with Gasteiger partial charge in [-0.25, -0.2) is 4.79 Å². The van der Waals surface area contributed by atoms with Gasteiger partial charge in [0.2, 0.25) is 5.91 Å². The first-order chi connectivity index (χ1) is 17.9. The zero-order valence-electron chi connectivity index (χ0n) is 21.1. The summed E-state index contributed by atoms with van der Waals surface area (Å²) in [5.74, 6) is 0.828. The van der Waals surface area contributed by atoms with Crippen LogP contribution in [0.3, 0.4) is 0 Å². The van der Waals surface area contributed by atoms with Crippen LogP contribution in [0.25, 0.3) is 11.1 Å². The van der Waals surface area contributed by atoms with Crippen molar-refractivity contribution in [1.82, 2.24) is 14.8 Å². The van der Waals surface area contributed by atoms with E-state index in [0.717, 1.165) is 22.4 Å². The number of benzene rings is 2. The van der Waals surface area contributed by atoms with Gasteiger partial charge in [-0.15, -0.1) is 21.5 Å². The maximum Gasteiger partial charge on any atom is 0.341 e. The summed E-state index contributed by atoms with van der Waals surface area (Å²) in [4.78, 5) is 25.5. The van der Waals surface area contributed by atoms with E-state index < -0.39 is 5.97 Å². The molecule has 2 aromatic carbocycles. The van der Waals surface area contributed by atoms with Gasteiger partial charge in [0, 0.05) is 18.0 Å². The summed E-state index contributed by atoms with van der Waals surface area (Å²) in [5.41, 5.74) is 4.20. The highest BCUT2D eigenvalue weighted by Gasteiger charge is 2.23. The molecule has 0 saturated heterocycles. The van der Waals surface area contributed by atoms with Gasteiger partial charge in [0.15, 0.2) is 11.0 Å². The Hall–Kier alpha value is -3.63. The second kappa shape index (κ2) is 12.1. The number of esters is 1. The fourth-order valence-corrected chi connectivity index (χ4v) is 5.38. The quantitative estimate of drug-likeness (QED) is 0.207. The Balaban J connectivity index is 1.40. The van der Waals surface area contributed by atoms with Gasteiger partial charge < -0.3 is 19.4 Å². The Morgan fingerprint density at radius 1 is 1.11 bits per heavy atom. The molecule has 4 aromatic rings. The SMILES string of the molecule is CCOC(=O)c1c(-c2ccccc2)csc1NC(=O)CSc1nnc(COc2ccc(C)cc2C)n1C. The Morgan fingerprint density at radius 2 is 1.89 bits per heavy atom. The molecule has 0 aliphatic carbocycles. The predicted molar refractivity (Wildman–Crippen MR) is 146 cm³/mol. The van der Waals surface area contributed by atoms with Crippen molar-refractivity contribution in [2.75, 3.05) is 17.7 Å². The molecule has 10 heteroatoms. The first kappa shape index (κ1) is 26.4. The third-order valence-electron chi connectivity index (χ3n) is 5.55. The molecule has 37 heavy (non-hydrogen) atoms. The smallest absolute Gasteiger partial charge is 0.341 e. The number of anilines is 1. The van der Waals surface area contributed by atoms with Crippen molar-refractivity contribution in [3.63, 3.8) is 0 Å². The number of rotatable bonds is 10. The fourth-order valence-electron chi connectivity index (χ4n) is 3.68. The first-order valence-electron chi connectivity index (χ1n) is 11.7. The molecule has 192 valence electrons. The van der Waals surface area contributed by atoms with Crippen molar-refractivity contribution >= 4 is 40.0 Å². The third kappa shape index (κ3) is 6.39. The molecule has 0 fully saturated rings. The first-order valence-corrected chi connectivity index (χ1v) is 13.6. The van der Waals surface area contributed by atoms with Crippen molar-refractivity contribution in [3.05, 3.63) is 76.4 Å². The van der Waals surface area contributed by atoms with Gasteiger partial charge in [0.05, 0.1) is 12.4 Å². The molecule has 2 heterocycles. The normalized spacial score (nSPS) is 10.8. The van der Waals surface area contributed by atoms with E-state index in [4.69, 9.17) is 9.47 Å². The lowest BCUT2D eigenvalue weighted by molar-refractivity contribution is -0.113. The number of amides is 1. The summed E-state index contributed by atoms with van der Waals surface area (Å²) < 4.78 is 13.0. The van der Waals surface area contributed by atoms with Crippen molar-refractivity contribution in [1.29, 1.82) is 0 Å². The molecule has 4 rings (SSSR count). The van der Waals surface area contributed by atoms with Gasteiger partial charge in [-0.05, 0) is 38.0 Å². The average Bonchev–Trinajstić information content (AvgIpc) is 3.46. The van der Waals surface area contributed by atoms with Gasteiger partial charge >= 0.3 is 5.97 Å². The minimum atomic E-state index is -0.465. The van der Waals surface area contributed by atoms with Crippen LogP contribution in [0, 0.1) is 13.8 Å². The van der Waals surface area contributed by atoms with Gasteiger partial charge in [0.1, 0.15) is 22.9 Å². The highest BCUT2D eigenvalue weighted by Crippen LogP contribution is 2.36. The minimum Gasteiger partial charge on any atom is -0.485 e. The number of carbonyl (C=O) groups is 2. The summed E-state index contributed by atoms with van der Waals surface area (Å²) in [7, 11) is 1.84. The van der Waals surface area contributed by atoms with Crippen molar-refractivity contribution in [2.24, 2.45) is 7.05 Å². The maximum absolute atomic E-state index is 12.8. The van der Waals surface area contributed by atoms with Crippen molar-refractivity contribution < 1.29 is 19.1 Å². The standard InChI is InChI=1S/C27H28N4O4S2/c1-5-34-26(33)24-20(19-9-7-6-8-10-19)15-36-25(24)28-23(32)16-37-27-30-29-22(31(27)4)14-35-21-12-11-17(2)13-18(21)3/h6-13,15H,5,14,16H2,1-4H3,(H,28,32). The molecule has 1 N–H and O–H groups in total. The molecule has 1 amide bonds. The highest BCUT2D eigenvalue weighted by molar-refractivity contribution is 7.99. The van der Waals surface area contributed by atoms with Crippen LogP contribution in [-0.4, -0.2) is 39.0 Å². The average molecular weight is 537 g/mol. The number of hydrogen-bond donors (Lipinski definition) is 1. The summed E-state index contributed by atoms with van der Waals surface area (Å²) in [6.45, 7) is 6.30. The molecular weight excluding hydrogens is 508 g/mol. The second-order valence-electron chi connectivity index (χ2n) is 8.29. The monoisotopic (exact) mass is 536 g/mol. The van der Waals surface area contributed by atoms with Crippen LogP contribution in [-0.2, 0) is 23.2 Å². The summed E-state index contributed by atoms with van der Waals surface area (Å²) in [6, 6.07) is 15.6. The summed E-state index contributed by atoms with van der Waals surface area (Å²) >= 11 is 2.56. The lowest BCUT2D eigenvalue weighted by Gasteiger charge is -2.10. The van der Waals surface area contributed by atoms with E-state index in [1.54, 1.807) is 6.92 Å². The topological polar surface area (TPSA) is 95.3 Å². The van der Waals surface area contributed by atoms with Crippen LogP contribution in [0.15, 0.2) is 59.1 Å². The zero-order valence-corrected chi connectivity index (χ0v) is 22.7. The number of ether oxygens (including phenoxy) is 2. The number of nitrogens with one attached hydrogen (secondary N) is 1. The number of nitrogens with zero attached hydrogens (tertiary/aromatic N) is 3. The molecular formula is C27H28N4O4S2. The number of hydrogen-bond acceptors (Lipinski definition) is 8. The van der Waals surface area contributed by atoms with E-state index >= 15 is 0 Å². The van der Waals surface area contributed by atoms with E-state index in [2.05, 4.69) is 21.6 Å². The molecule has 0 aliphatic heterocycles. The van der Waals surface area contributed by atoms with E-state index in [0.29, 0.717) is 21.5 Å².